The molecule has 2 aromatic rings. The fourth-order valence-corrected chi connectivity index (χ4v) is 7.09. The molecule has 1 saturated heterocycles. The molecule has 2 aliphatic rings. The summed E-state index contributed by atoms with van der Waals surface area (Å²) in [6.45, 7) is 3.89. The summed E-state index contributed by atoms with van der Waals surface area (Å²) < 4.78 is 56.0. The number of hydrogen-bond donors (Lipinski definition) is 1. The van der Waals surface area contributed by atoms with Gasteiger partial charge < -0.3 is 5.32 Å². The van der Waals surface area contributed by atoms with E-state index in [0.717, 1.165) is 19.3 Å². The van der Waals surface area contributed by atoms with E-state index in [9.17, 15) is 16.8 Å². The van der Waals surface area contributed by atoms with Crippen LogP contribution in [0.25, 0.3) is 0 Å². The molecule has 0 radical (unpaired) electrons. The van der Waals surface area contributed by atoms with Crippen LogP contribution in [0.3, 0.4) is 0 Å². The molecule has 1 N–H and O–H groups in total. The highest BCUT2D eigenvalue weighted by molar-refractivity contribution is 7.90. The van der Waals surface area contributed by atoms with Gasteiger partial charge in [0.25, 0.3) is 10.0 Å². The molecule has 4 rings (SSSR count). The molecule has 2 aromatic carbocycles. The molecular weight excluding hydrogens is 410 g/mol. The van der Waals surface area contributed by atoms with E-state index in [-0.39, 0.29) is 27.7 Å². The van der Waals surface area contributed by atoms with Crippen LogP contribution in [0.5, 0.6) is 0 Å². The van der Waals surface area contributed by atoms with Crippen molar-refractivity contribution in [2.24, 2.45) is 4.40 Å². The Morgan fingerprint density at radius 2 is 1.62 bits per heavy atom. The number of amidine groups is 1. The zero-order valence-electron chi connectivity index (χ0n) is 16.2. The second kappa shape index (κ2) is 7.23. The van der Waals surface area contributed by atoms with Gasteiger partial charge in [0.2, 0.25) is 10.0 Å². The molecule has 0 aliphatic carbocycles. The van der Waals surface area contributed by atoms with Gasteiger partial charge in [-0.2, -0.15) is 12.7 Å². The lowest BCUT2D eigenvalue weighted by molar-refractivity contribution is 0.204. The van der Waals surface area contributed by atoms with E-state index in [1.807, 2.05) is 13.8 Å². The van der Waals surface area contributed by atoms with Crippen LogP contribution in [0, 0.1) is 0 Å². The summed E-state index contributed by atoms with van der Waals surface area (Å²) in [5, 5.41) is 2.99. The van der Waals surface area contributed by atoms with Crippen molar-refractivity contribution >= 4 is 31.6 Å². The van der Waals surface area contributed by atoms with E-state index in [1.165, 1.54) is 6.07 Å². The van der Waals surface area contributed by atoms with Crippen molar-refractivity contribution in [1.29, 1.82) is 0 Å². The van der Waals surface area contributed by atoms with Crippen molar-refractivity contribution in [2.45, 2.75) is 55.0 Å². The minimum Gasteiger partial charge on any atom is -0.339 e. The molecule has 2 aliphatic heterocycles. The summed E-state index contributed by atoms with van der Waals surface area (Å²) >= 11 is 0. The molecule has 1 fully saturated rings. The Morgan fingerprint density at radius 1 is 1.00 bits per heavy atom. The van der Waals surface area contributed by atoms with Gasteiger partial charge in [0.15, 0.2) is 5.84 Å². The van der Waals surface area contributed by atoms with Gasteiger partial charge in [0.1, 0.15) is 4.90 Å². The summed E-state index contributed by atoms with van der Waals surface area (Å²) in [4.78, 5) is 0.389. The summed E-state index contributed by atoms with van der Waals surface area (Å²) in [6.07, 6.45) is 2.75. The van der Waals surface area contributed by atoms with Gasteiger partial charge in [-0.05, 0) is 63.1 Å². The zero-order valence-corrected chi connectivity index (χ0v) is 17.9. The van der Waals surface area contributed by atoms with Crippen molar-refractivity contribution in [1.82, 2.24) is 4.31 Å². The maximum atomic E-state index is 13.1. The highest BCUT2D eigenvalue weighted by Crippen LogP contribution is 2.31. The third kappa shape index (κ3) is 3.58. The predicted octanol–water partition coefficient (Wildman–Crippen LogP) is 3.20. The molecule has 0 aromatic heterocycles. The van der Waals surface area contributed by atoms with Gasteiger partial charge in [-0.3, -0.25) is 0 Å². The van der Waals surface area contributed by atoms with Crippen molar-refractivity contribution < 1.29 is 16.8 Å². The van der Waals surface area contributed by atoms with Crippen LogP contribution in [0.2, 0.25) is 0 Å². The fourth-order valence-electron chi connectivity index (χ4n) is 4.04. The molecule has 9 heteroatoms. The lowest BCUT2D eigenvalue weighted by atomic mass is 10.0. The molecule has 0 saturated carbocycles. The van der Waals surface area contributed by atoms with Crippen LogP contribution in [0.15, 0.2) is 62.7 Å². The summed E-state index contributed by atoms with van der Waals surface area (Å²) in [5.74, 6) is 0.231. The van der Waals surface area contributed by atoms with Gasteiger partial charge in [-0.15, -0.1) is 4.40 Å². The van der Waals surface area contributed by atoms with E-state index in [2.05, 4.69) is 9.71 Å². The number of fused-ring (bicyclic) bond motifs is 1. The number of anilines is 1. The number of benzene rings is 2. The molecule has 0 unspecified atom stereocenters. The van der Waals surface area contributed by atoms with Crippen LogP contribution in [-0.2, 0) is 20.0 Å². The standard InChI is InChI=1S/C20H23N3O4S2/c1-14-6-5-7-15(2)23(14)29(26,27)17-12-10-16(11-13-17)21-20-18-8-3-4-9-19(18)28(24,25)22-20/h3-4,8-15H,5-7H2,1-2H3,(H,21,22)/t14-,15-/m0/s1. The molecule has 0 amide bonds. The summed E-state index contributed by atoms with van der Waals surface area (Å²) in [5.41, 5.74) is 1.06. The monoisotopic (exact) mass is 433 g/mol. The average molecular weight is 434 g/mol. The van der Waals surface area contributed by atoms with E-state index in [0.29, 0.717) is 11.3 Å². The maximum Gasteiger partial charge on any atom is 0.285 e. The Hall–Kier alpha value is -2.23. The smallest absolute Gasteiger partial charge is 0.285 e. The van der Waals surface area contributed by atoms with Crippen molar-refractivity contribution in [3.8, 4) is 0 Å². The summed E-state index contributed by atoms with van der Waals surface area (Å²) in [6, 6.07) is 12.9. The largest absolute Gasteiger partial charge is 0.339 e. The average Bonchev–Trinajstić information content (AvgIpc) is 2.92. The first-order valence-electron chi connectivity index (χ1n) is 9.55. The lowest BCUT2D eigenvalue weighted by Crippen LogP contribution is -2.47. The van der Waals surface area contributed by atoms with Crippen molar-refractivity contribution in [3.05, 3.63) is 54.1 Å². The molecule has 29 heavy (non-hydrogen) atoms. The Balaban J connectivity index is 1.59. The highest BCUT2D eigenvalue weighted by atomic mass is 32.2. The fraction of sp³-hybridized carbons (Fsp3) is 0.350. The number of nitrogens with one attached hydrogen (secondary N) is 1. The van der Waals surface area contributed by atoms with Crippen LogP contribution >= 0.6 is 0 Å². The number of nitrogens with zero attached hydrogens (tertiary/aromatic N) is 2. The number of rotatable bonds is 3. The lowest BCUT2D eigenvalue weighted by Gasteiger charge is -2.37. The van der Waals surface area contributed by atoms with E-state index < -0.39 is 20.0 Å². The van der Waals surface area contributed by atoms with Crippen LogP contribution in [-0.4, -0.2) is 39.1 Å². The second-order valence-electron chi connectivity index (χ2n) is 7.52. The molecule has 0 bridgehead atoms. The van der Waals surface area contributed by atoms with Gasteiger partial charge in [-0.1, -0.05) is 18.6 Å². The third-order valence-corrected chi connectivity index (χ3v) is 8.91. The number of sulfonamides is 2. The van der Waals surface area contributed by atoms with E-state index in [1.54, 1.807) is 46.8 Å². The minimum absolute atomic E-state index is 0.0314. The molecule has 154 valence electrons. The Labute approximate surface area is 171 Å². The Bertz CT molecular complexity index is 1160. The van der Waals surface area contributed by atoms with Crippen LogP contribution in [0.1, 0.15) is 38.7 Å². The molecule has 7 nitrogen and oxygen atoms in total. The Morgan fingerprint density at radius 3 is 2.28 bits per heavy atom. The SMILES string of the molecule is C[C@H]1CCC[C@H](C)N1S(=O)(=O)c1ccc(NC2=NS(=O)(=O)c3ccccc32)cc1. The van der Waals surface area contributed by atoms with Crippen molar-refractivity contribution in [2.75, 3.05) is 5.32 Å². The first-order valence-corrected chi connectivity index (χ1v) is 12.4. The number of hydrogen-bond acceptors (Lipinski definition) is 5. The zero-order chi connectivity index (χ0) is 20.8. The third-order valence-electron chi connectivity index (χ3n) is 5.44. The van der Waals surface area contributed by atoms with E-state index >= 15 is 0 Å². The van der Waals surface area contributed by atoms with Gasteiger partial charge in [0, 0.05) is 23.3 Å². The van der Waals surface area contributed by atoms with Gasteiger partial charge in [0.05, 0.1) is 4.90 Å². The summed E-state index contributed by atoms with van der Waals surface area (Å²) in [7, 11) is -7.30. The molecule has 2 heterocycles. The van der Waals surface area contributed by atoms with Crippen LogP contribution in [0.4, 0.5) is 5.69 Å². The first-order chi connectivity index (χ1) is 13.7. The topological polar surface area (TPSA) is 95.9 Å². The number of piperidine rings is 1. The normalized spacial score (nSPS) is 24.0. The Kier molecular flexibility index (Phi) is 5.00. The molecule has 2 atom stereocenters. The van der Waals surface area contributed by atoms with Crippen LogP contribution < -0.4 is 5.32 Å². The van der Waals surface area contributed by atoms with E-state index in [4.69, 9.17) is 0 Å². The quantitative estimate of drug-likeness (QED) is 0.802. The highest BCUT2D eigenvalue weighted by Gasteiger charge is 2.35. The van der Waals surface area contributed by atoms with Gasteiger partial charge in [-0.25, -0.2) is 8.42 Å². The predicted molar refractivity (Wildman–Crippen MR) is 112 cm³/mol. The maximum absolute atomic E-state index is 13.1. The molecular formula is C20H23N3O4S2. The minimum atomic E-state index is -3.71. The van der Waals surface area contributed by atoms with Crippen molar-refractivity contribution in [3.63, 3.8) is 0 Å². The molecule has 0 spiro atoms. The first kappa shape index (κ1) is 20.1. The second-order valence-corrected chi connectivity index (χ2v) is 10.9. The van der Waals surface area contributed by atoms with Gasteiger partial charge >= 0.3 is 0 Å².